The minimum atomic E-state index is 0.806. The van der Waals surface area contributed by atoms with E-state index in [0.717, 1.165) is 39.1 Å². The Morgan fingerprint density at radius 1 is 1.00 bits per heavy atom. The summed E-state index contributed by atoms with van der Waals surface area (Å²) >= 11 is 0. The van der Waals surface area contributed by atoms with Gasteiger partial charge in [-0.05, 0) is 30.5 Å². The van der Waals surface area contributed by atoms with Gasteiger partial charge in [0.05, 0.1) is 13.2 Å². The van der Waals surface area contributed by atoms with Gasteiger partial charge in [0.15, 0.2) is 0 Å². The first kappa shape index (κ1) is 13.2. The van der Waals surface area contributed by atoms with Crippen molar-refractivity contribution in [2.45, 2.75) is 26.7 Å². The van der Waals surface area contributed by atoms with E-state index in [2.05, 4.69) is 43.4 Å². The van der Waals surface area contributed by atoms with E-state index < -0.39 is 0 Å². The zero-order valence-corrected chi connectivity index (χ0v) is 10.5. The van der Waals surface area contributed by atoms with Crippen molar-refractivity contribution in [2.75, 3.05) is 26.3 Å². The molecule has 0 fully saturated rings. The van der Waals surface area contributed by atoms with Crippen LogP contribution in [0.2, 0.25) is 0 Å². The Labute approximate surface area is 99.0 Å². The van der Waals surface area contributed by atoms with Gasteiger partial charge in [0.25, 0.3) is 0 Å². The molecule has 1 aromatic rings. The Hall–Kier alpha value is -0.860. The van der Waals surface area contributed by atoms with Gasteiger partial charge in [-0.25, -0.2) is 0 Å². The SMILES string of the molecule is CCNCCOCCc1ccc(CC)cc1. The highest BCUT2D eigenvalue weighted by molar-refractivity contribution is 5.22. The summed E-state index contributed by atoms with van der Waals surface area (Å²) in [6.07, 6.45) is 2.12. The Balaban J connectivity index is 2.12. The maximum atomic E-state index is 5.53. The predicted molar refractivity (Wildman–Crippen MR) is 68.9 cm³/mol. The fourth-order valence-electron chi connectivity index (χ4n) is 1.55. The molecule has 0 spiro atoms. The molecule has 0 aliphatic heterocycles. The van der Waals surface area contributed by atoms with Gasteiger partial charge in [0.1, 0.15) is 0 Å². The Bertz CT molecular complexity index is 269. The van der Waals surface area contributed by atoms with E-state index in [0.29, 0.717) is 0 Å². The van der Waals surface area contributed by atoms with Crippen molar-refractivity contribution < 1.29 is 4.74 Å². The lowest BCUT2D eigenvalue weighted by Crippen LogP contribution is -2.19. The lowest BCUT2D eigenvalue weighted by Gasteiger charge is -2.05. The molecule has 0 unspecified atom stereocenters. The molecular weight excluding hydrogens is 198 g/mol. The van der Waals surface area contributed by atoms with Crippen LogP contribution in [0.1, 0.15) is 25.0 Å². The maximum absolute atomic E-state index is 5.53. The number of hydrogen-bond donors (Lipinski definition) is 1. The highest BCUT2D eigenvalue weighted by Crippen LogP contribution is 2.05. The van der Waals surface area contributed by atoms with Crippen molar-refractivity contribution in [1.82, 2.24) is 5.32 Å². The molecule has 90 valence electrons. The van der Waals surface area contributed by atoms with Gasteiger partial charge in [-0.2, -0.15) is 0 Å². The first-order valence-electron chi connectivity index (χ1n) is 6.23. The van der Waals surface area contributed by atoms with Crippen molar-refractivity contribution in [3.63, 3.8) is 0 Å². The van der Waals surface area contributed by atoms with Crippen LogP contribution >= 0.6 is 0 Å². The minimum Gasteiger partial charge on any atom is -0.380 e. The molecule has 16 heavy (non-hydrogen) atoms. The summed E-state index contributed by atoms with van der Waals surface area (Å²) in [5, 5.41) is 3.24. The third-order valence-electron chi connectivity index (χ3n) is 2.64. The molecule has 2 nitrogen and oxygen atoms in total. The molecule has 2 heteroatoms. The number of rotatable bonds is 8. The van der Waals surface area contributed by atoms with Gasteiger partial charge in [-0.15, -0.1) is 0 Å². The van der Waals surface area contributed by atoms with Crippen LogP contribution in [-0.2, 0) is 17.6 Å². The quantitative estimate of drug-likeness (QED) is 0.681. The van der Waals surface area contributed by atoms with E-state index in [4.69, 9.17) is 4.74 Å². The fourth-order valence-corrected chi connectivity index (χ4v) is 1.55. The van der Waals surface area contributed by atoms with E-state index in [1.165, 1.54) is 11.1 Å². The molecular formula is C14H23NO. The van der Waals surface area contributed by atoms with Crippen LogP contribution in [0.25, 0.3) is 0 Å². The standard InChI is InChI=1S/C14H23NO/c1-3-13-5-7-14(8-6-13)9-11-16-12-10-15-4-2/h5-8,15H,3-4,9-12H2,1-2H3. The fraction of sp³-hybridized carbons (Fsp3) is 0.571. The first-order chi connectivity index (χ1) is 7.86. The van der Waals surface area contributed by atoms with Crippen LogP contribution in [0.4, 0.5) is 0 Å². The van der Waals surface area contributed by atoms with Gasteiger partial charge in [-0.3, -0.25) is 0 Å². The topological polar surface area (TPSA) is 21.3 Å². The monoisotopic (exact) mass is 221 g/mol. The zero-order chi connectivity index (χ0) is 11.6. The molecule has 0 aliphatic carbocycles. The van der Waals surface area contributed by atoms with Gasteiger partial charge in [-0.1, -0.05) is 38.1 Å². The van der Waals surface area contributed by atoms with E-state index in [-0.39, 0.29) is 0 Å². The second-order valence-corrected chi connectivity index (χ2v) is 3.89. The molecule has 1 rings (SSSR count). The molecule has 0 saturated heterocycles. The molecule has 0 bridgehead atoms. The zero-order valence-electron chi connectivity index (χ0n) is 10.5. The predicted octanol–water partition coefficient (Wildman–Crippen LogP) is 2.42. The van der Waals surface area contributed by atoms with Crippen LogP contribution < -0.4 is 5.32 Å². The van der Waals surface area contributed by atoms with Crippen LogP contribution in [0, 0.1) is 0 Å². The van der Waals surface area contributed by atoms with Crippen molar-refractivity contribution >= 4 is 0 Å². The molecule has 0 aromatic heterocycles. The molecule has 1 N–H and O–H groups in total. The van der Waals surface area contributed by atoms with Crippen molar-refractivity contribution in [1.29, 1.82) is 0 Å². The summed E-state index contributed by atoms with van der Waals surface area (Å²) < 4.78 is 5.53. The summed E-state index contributed by atoms with van der Waals surface area (Å²) in [7, 11) is 0. The number of aryl methyl sites for hydroxylation is 1. The lowest BCUT2D eigenvalue weighted by atomic mass is 10.1. The van der Waals surface area contributed by atoms with Crippen LogP contribution in [0.5, 0.6) is 0 Å². The summed E-state index contributed by atoms with van der Waals surface area (Å²) in [4.78, 5) is 0. The largest absolute Gasteiger partial charge is 0.380 e. The molecule has 0 aliphatic rings. The number of nitrogens with one attached hydrogen (secondary N) is 1. The van der Waals surface area contributed by atoms with Gasteiger partial charge < -0.3 is 10.1 Å². The van der Waals surface area contributed by atoms with E-state index in [9.17, 15) is 0 Å². The smallest absolute Gasteiger partial charge is 0.0591 e. The average Bonchev–Trinajstić information content (AvgIpc) is 2.34. The third-order valence-corrected chi connectivity index (χ3v) is 2.64. The molecule has 0 saturated carbocycles. The van der Waals surface area contributed by atoms with Gasteiger partial charge in [0.2, 0.25) is 0 Å². The van der Waals surface area contributed by atoms with E-state index >= 15 is 0 Å². The van der Waals surface area contributed by atoms with E-state index in [1.54, 1.807) is 0 Å². The van der Waals surface area contributed by atoms with Crippen molar-refractivity contribution in [3.8, 4) is 0 Å². The highest BCUT2D eigenvalue weighted by atomic mass is 16.5. The van der Waals surface area contributed by atoms with Gasteiger partial charge >= 0.3 is 0 Å². The summed E-state index contributed by atoms with van der Waals surface area (Å²) in [5.74, 6) is 0. The maximum Gasteiger partial charge on any atom is 0.0591 e. The van der Waals surface area contributed by atoms with Crippen LogP contribution in [0.3, 0.4) is 0 Å². The molecule has 0 atom stereocenters. The van der Waals surface area contributed by atoms with Crippen LogP contribution in [0.15, 0.2) is 24.3 Å². The van der Waals surface area contributed by atoms with Crippen molar-refractivity contribution in [3.05, 3.63) is 35.4 Å². The summed E-state index contributed by atoms with van der Waals surface area (Å²) in [6.45, 7) is 7.87. The second kappa shape index (κ2) is 8.31. The highest BCUT2D eigenvalue weighted by Gasteiger charge is 1.94. The minimum absolute atomic E-state index is 0.806. The summed E-state index contributed by atoms with van der Waals surface area (Å²) in [6, 6.07) is 8.81. The Morgan fingerprint density at radius 3 is 2.31 bits per heavy atom. The summed E-state index contributed by atoms with van der Waals surface area (Å²) in [5.41, 5.74) is 2.76. The number of ether oxygens (including phenoxy) is 1. The van der Waals surface area contributed by atoms with Gasteiger partial charge in [0, 0.05) is 6.54 Å². The first-order valence-corrected chi connectivity index (χ1v) is 6.23. The molecule has 0 amide bonds. The third kappa shape index (κ3) is 5.29. The average molecular weight is 221 g/mol. The second-order valence-electron chi connectivity index (χ2n) is 3.89. The molecule has 1 aromatic carbocycles. The Kier molecular flexibility index (Phi) is 6.86. The molecule has 0 radical (unpaired) electrons. The van der Waals surface area contributed by atoms with Crippen molar-refractivity contribution in [2.24, 2.45) is 0 Å². The van der Waals surface area contributed by atoms with E-state index in [1.807, 2.05) is 0 Å². The number of benzene rings is 1. The Morgan fingerprint density at radius 2 is 1.69 bits per heavy atom. The number of hydrogen-bond acceptors (Lipinski definition) is 2. The molecule has 0 heterocycles. The lowest BCUT2D eigenvalue weighted by molar-refractivity contribution is 0.139. The normalized spacial score (nSPS) is 10.6. The van der Waals surface area contributed by atoms with Crippen LogP contribution in [-0.4, -0.2) is 26.3 Å². The number of likely N-dealkylation sites (N-methyl/N-ethyl adjacent to an activating group) is 1.